The largest absolute Gasteiger partial charge is 0.324 e. The molecule has 1 heterocycles. The number of nitrogens with two attached hydrogens (primary N) is 1. The zero-order valence-corrected chi connectivity index (χ0v) is 15.2. The number of likely N-dealkylation sites (tertiary alicyclic amines) is 1. The first-order chi connectivity index (χ1) is 9.70. The van der Waals surface area contributed by atoms with Crippen LogP contribution < -0.4 is 5.73 Å². The lowest BCUT2D eigenvalue weighted by Crippen LogP contribution is -2.39. The van der Waals surface area contributed by atoms with Crippen molar-refractivity contribution in [2.45, 2.75) is 56.4 Å². The molecular formula is C18H30Cl2N2. The van der Waals surface area contributed by atoms with Crippen molar-refractivity contribution in [3.05, 3.63) is 35.9 Å². The topological polar surface area (TPSA) is 29.3 Å². The average Bonchev–Trinajstić information content (AvgIpc) is 3.14. The molecule has 1 saturated heterocycles. The molecule has 1 aliphatic heterocycles. The molecule has 22 heavy (non-hydrogen) atoms. The van der Waals surface area contributed by atoms with E-state index in [0.29, 0.717) is 0 Å². The van der Waals surface area contributed by atoms with Crippen molar-refractivity contribution in [2.75, 3.05) is 19.6 Å². The van der Waals surface area contributed by atoms with Crippen LogP contribution in [0.2, 0.25) is 0 Å². The molecule has 2 atom stereocenters. The summed E-state index contributed by atoms with van der Waals surface area (Å²) in [4.78, 5) is 2.61. The molecule has 0 amide bonds. The second kappa shape index (κ2) is 8.01. The molecule has 3 rings (SSSR count). The number of hydrogen-bond donors (Lipinski definition) is 1. The second-order valence-electron chi connectivity index (χ2n) is 6.79. The van der Waals surface area contributed by atoms with E-state index in [2.05, 4.69) is 42.2 Å². The lowest BCUT2D eigenvalue weighted by atomic mass is 9.87. The predicted molar refractivity (Wildman–Crippen MR) is 99.4 cm³/mol. The Balaban J connectivity index is 0.00000121. The van der Waals surface area contributed by atoms with Crippen molar-refractivity contribution in [1.82, 2.24) is 4.90 Å². The van der Waals surface area contributed by atoms with Crippen LogP contribution in [0.25, 0.3) is 0 Å². The molecule has 2 N–H and O–H groups in total. The fourth-order valence-corrected chi connectivity index (χ4v) is 4.19. The number of piperidine rings is 1. The van der Waals surface area contributed by atoms with Crippen LogP contribution in [0.15, 0.2) is 30.3 Å². The zero-order chi connectivity index (χ0) is 14.1. The Labute approximate surface area is 147 Å². The van der Waals surface area contributed by atoms with E-state index in [-0.39, 0.29) is 35.8 Å². The summed E-state index contributed by atoms with van der Waals surface area (Å²) in [6.07, 6.45) is 7.62. The molecule has 1 aromatic carbocycles. The highest BCUT2D eigenvalue weighted by Crippen LogP contribution is 2.60. The number of hydrogen-bond acceptors (Lipinski definition) is 2. The fourth-order valence-electron chi connectivity index (χ4n) is 4.19. The quantitative estimate of drug-likeness (QED) is 0.868. The van der Waals surface area contributed by atoms with Crippen LogP contribution in [0, 0.1) is 0 Å². The number of halogens is 2. The Hall–Kier alpha value is -0.280. The highest BCUT2D eigenvalue weighted by atomic mass is 35.5. The molecule has 2 aliphatic rings. The first-order valence-electron chi connectivity index (χ1n) is 8.27. The Kier molecular flexibility index (Phi) is 7.20. The maximum absolute atomic E-state index is 6.76. The number of benzene rings is 1. The first-order valence-corrected chi connectivity index (χ1v) is 8.27. The van der Waals surface area contributed by atoms with Crippen molar-refractivity contribution in [3.8, 4) is 0 Å². The first kappa shape index (κ1) is 19.8. The van der Waals surface area contributed by atoms with Gasteiger partial charge in [-0.25, -0.2) is 0 Å². The van der Waals surface area contributed by atoms with Crippen LogP contribution in [-0.4, -0.2) is 30.1 Å². The van der Waals surface area contributed by atoms with E-state index in [4.69, 9.17) is 5.73 Å². The third-order valence-electron chi connectivity index (χ3n) is 5.70. The molecule has 0 bridgehead atoms. The molecule has 2 nitrogen and oxygen atoms in total. The van der Waals surface area contributed by atoms with Crippen LogP contribution in [0.1, 0.15) is 51.0 Å². The molecule has 0 unspecified atom stereocenters. The van der Waals surface area contributed by atoms with E-state index in [1.165, 1.54) is 44.5 Å². The molecule has 126 valence electrons. The maximum Gasteiger partial charge on any atom is 0.0274 e. The maximum atomic E-state index is 6.76. The summed E-state index contributed by atoms with van der Waals surface area (Å²) in [6, 6.07) is 10.9. The number of nitrogens with zero attached hydrogens (tertiary/aromatic N) is 1. The summed E-state index contributed by atoms with van der Waals surface area (Å²) < 4.78 is 0. The van der Waals surface area contributed by atoms with Gasteiger partial charge in [0.25, 0.3) is 0 Å². The van der Waals surface area contributed by atoms with Gasteiger partial charge < -0.3 is 10.6 Å². The van der Waals surface area contributed by atoms with E-state index in [0.717, 1.165) is 19.3 Å². The molecule has 1 saturated carbocycles. The van der Waals surface area contributed by atoms with Gasteiger partial charge in [-0.3, -0.25) is 0 Å². The molecule has 1 aliphatic carbocycles. The van der Waals surface area contributed by atoms with Gasteiger partial charge in [0.2, 0.25) is 0 Å². The number of rotatable bonds is 5. The van der Waals surface area contributed by atoms with Crippen molar-refractivity contribution < 1.29 is 0 Å². The minimum Gasteiger partial charge on any atom is -0.324 e. The van der Waals surface area contributed by atoms with Crippen molar-refractivity contribution in [2.24, 2.45) is 5.73 Å². The van der Waals surface area contributed by atoms with Gasteiger partial charge in [0.15, 0.2) is 0 Å². The van der Waals surface area contributed by atoms with E-state index >= 15 is 0 Å². The highest BCUT2D eigenvalue weighted by Gasteiger charge is 2.63. The summed E-state index contributed by atoms with van der Waals surface area (Å²) in [5.41, 5.74) is 8.48. The minimum atomic E-state index is 0. The third kappa shape index (κ3) is 3.62. The van der Waals surface area contributed by atoms with Gasteiger partial charge in [0.1, 0.15) is 0 Å². The van der Waals surface area contributed by atoms with Crippen LogP contribution in [0.5, 0.6) is 0 Å². The summed E-state index contributed by atoms with van der Waals surface area (Å²) in [6.45, 7) is 6.04. The Bertz CT molecular complexity index is 448. The molecular weight excluding hydrogens is 315 g/mol. The van der Waals surface area contributed by atoms with Crippen molar-refractivity contribution >= 4 is 24.8 Å². The standard InChI is InChI=1S/C18H28N2.2ClH/c1-2-17(16-9-5-3-6-10-16)15-18(17,19)11-14-20-12-7-4-8-13-20;;/h3,5-6,9-10H,2,4,7-8,11-15,19H2,1H3;2*1H/t17-,18-;;/m1../s1. The van der Waals surface area contributed by atoms with Gasteiger partial charge in [-0.1, -0.05) is 43.7 Å². The summed E-state index contributed by atoms with van der Waals surface area (Å²) in [5.74, 6) is 0. The highest BCUT2D eigenvalue weighted by molar-refractivity contribution is 5.85. The van der Waals surface area contributed by atoms with Crippen LogP contribution in [0.3, 0.4) is 0 Å². The third-order valence-corrected chi connectivity index (χ3v) is 5.70. The summed E-state index contributed by atoms with van der Waals surface area (Å²) in [5, 5.41) is 0. The van der Waals surface area contributed by atoms with Gasteiger partial charge in [0, 0.05) is 11.0 Å². The Morgan fingerprint density at radius 2 is 1.68 bits per heavy atom. The van der Waals surface area contributed by atoms with Crippen molar-refractivity contribution in [1.29, 1.82) is 0 Å². The summed E-state index contributed by atoms with van der Waals surface area (Å²) in [7, 11) is 0. The van der Waals surface area contributed by atoms with E-state index < -0.39 is 0 Å². The van der Waals surface area contributed by atoms with E-state index in [9.17, 15) is 0 Å². The van der Waals surface area contributed by atoms with Gasteiger partial charge in [0.05, 0.1) is 0 Å². The smallest absolute Gasteiger partial charge is 0.0274 e. The molecule has 0 spiro atoms. The van der Waals surface area contributed by atoms with Gasteiger partial charge in [-0.15, -0.1) is 24.8 Å². The molecule has 2 fully saturated rings. The zero-order valence-electron chi connectivity index (χ0n) is 13.6. The predicted octanol–water partition coefficient (Wildman–Crippen LogP) is 4.16. The molecule has 0 radical (unpaired) electrons. The Morgan fingerprint density at radius 1 is 1.05 bits per heavy atom. The van der Waals surface area contributed by atoms with Gasteiger partial charge in [-0.05, 0) is 57.3 Å². The van der Waals surface area contributed by atoms with Gasteiger partial charge in [-0.2, -0.15) is 0 Å². The van der Waals surface area contributed by atoms with E-state index in [1.54, 1.807) is 0 Å². The van der Waals surface area contributed by atoms with Crippen LogP contribution in [-0.2, 0) is 5.41 Å². The normalized spacial score (nSPS) is 31.0. The van der Waals surface area contributed by atoms with Crippen LogP contribution >= 0.6 is 24.8 Å². The lowest BCUT2D eigenvalue weighted by Gasteiger charge is -2.29. The SMILES string of the molecule is CC[C@]1(c2ccccc2)C[C@]1(N)CCN1CCCCC1.Cl.Cl. The molecule has 4 heteroatoms. The van der Waals surface area contributed by atoms with Gasteiger partial charge >= 0.3 is 0 Å². The fraction of sp³-hybridized carbons (Fsp3) is 0.667. The minimum absolute atomic E-state index is 0. The molecule has 1 aromatic rings. The second-order valence-corrected chi connectivity index (χ2v) is 6.79. The van der Waals surface area contributed by atoms with E-state index in [1.807, 2.05) is 0 Å². The van der Waals surface area contributed by atoms with Crippen molar-refractivity contribution in [3.63, 3.8) is 0 Å². The monoisotopic (exact) mass is 344 g/mol. The summed E-state index contributed by atoms with van der Waals surface area (Å²) >= 11 is 0. The average molecular weight is 345 g/mol. The Morgan fingerprint density at radius 3 is 2.27 bits per heavy atom. The lowest BCUT2D eigenvalue weighted by molar-refractivity contribution is 0.215. The molecule has 0 aromatic heterocycles. The van der Waals surface area contributed by atoms with Crippen LogP contribution in [0.4, 0.5) is 0 Å².